The predicted molar refractivity (Wildman–Crippen MR) is 78.4 cm³/mol. The topological polar surface area (TPSA) is 28.2 Å². The smallest absolute Gasteiger partial charge is 0.0794 e. The largest absolute Gasteiger partial charge is 0.314 e. The van der Waals surface area contributed by atoms with Crippen molar-refractivity contribution in [2.45, 2.75) is 38.3 Å². The number of thiazole rings is 1. The molecule has 18 heavy (non-hydrogen) atoms. The number of halogens is 1. The van der Waals surface area contributed by atoms with Gasteiger partial charge in [0, 0.05) is 23.7 Å². The summed E-state index contributed by atoms with van der Waals surface area (Å²) in [7, 11) is 0. The Morgan fingerprint density at radius 3 is 2.78 bits per heavy atom. The van der Waals surface area contributed by atoms with Gasteiger partial charge in [-0.05, 0) is 51.2 Å². The molecule has 1 aromatic heterocycles. The van der Waals surface area contributed by atoms with Gasteiger partial charge in [0.15, 0.2) is 0 Å². The summed E-state index contributed by atoms with van der Waals surface area (Å²) in [6.07, 6.45) is 7.54. The third-order valence-electron chi connectivity index (χ3n) is 4.16. The molecule has 3 rings (SSSR count). The van der Waals surface area contributed by atoms with Crippen LogP contribution in [0.2, 0.25) is 0 Å². The Morgan fingerprint density at radius 1 is 1.33 bits per heavy atom. The lowest BCUT2D eigenvalue weighted by Gasteiger charge is -2.34. The van der Waals surface area contributed by atoms with Gasteiger partial charge in [-0.3, -0.25) is 9.88 Å². The normalized spacial score (nSPS) is 26.1. The first-order valence-corrected chi connectivity index (χ1v) is 7.63. The number of likely N-dealkylation sites (tertiary alicyclic amines) is 1. The van der Waals surface area contributed by atoms with Gasteiger partial charge in [-0.15, -0.1) is 23.7 Å². The Morgan fingerprint density at radius 2 is 2.17 bits per heavy atom. The predicted octanol–water partition coefficient (Wildman–Crippen LogP) is 2.53. The quantitative estimate of drug-likeness (QED) is 0.926. The van der Waals surface area contributed by atoms with Crippen LogP contribution in [0.3, 0.4) is 0 Å². The fourth-order valence-corrected chi connectivity index (χ4v) is 3.80. The van der Waals surface area contributed by atoms with Gasteiger partial charge in [0.2, 0.25) is 0 Å². The van der Waals surface area contributed by atoms with E-state index < -0.39 is 0 Å². The standard InChI is InChI=1S/C13H21N3S.ClH/c1-2-13(15-5-1)11-3-6-16(7-4-11)9-12-8-14-10-17-12;/h8,10-11,13,15H,1-7,9H2;1H. The van der Waals surface area contributed by atoms with Crippen molar-refractivity contribution in [3.8, 4) is 0 Å². The van der Waals surface area contributed by atoms with Gasteiger partial charge in [0.05, 0.1) is 5.51 Å². The number of rotatable bonds is 3. The highest BCUT2D eigenvalue weighted by molar-refractivity contribution is 7.09. The molecule has 1 N–H and O–H groups in total. The summed E-state index contributed by atoms with van der Waals surface area (Å²) in [5, 5.41) is 3.66. The third-order valence-corrected chi connectivity index (χ3v) is 4.93. The van der Waals surface area contributed by atoms with Crippen LogP contribution in [-0.2, 0) is 6.54 Å². The number of nitrogens with one attached hydrogen (secondary N) is 1. The molecule has 3 heterocycles. The fraction of sp³-hybridized carbons (Fsp3) is 0.769. The summed E-state index contributed by atoms with van der Waals surface area (Å²) in [5.74, 6) is 0.926. The van der Waals surface area contributed by atoms with Crippen LogP contribution in [0.25, 0.3) is 0 Å². The van der Waals surface area contributed by atoms with Gasteiger partial charge in [-0.1, -0.05) is 0 Å². The van der Waals surface area contributed by atoms with Crippen molar-refractivity contribution in [2.24, 2.45) is 5.92 Å². The summed E-state index contributed by atoms with van der Waals surface area (Å²) in [4.78, 5) is 8.13. The molecule has 0 bridgehead atoms. The molecule has 2 aliphatic rings. The number of nitrogens with zero attached hydrogens (tertiary/aromatic N) is 2. The molecule has 2 saturated heterocycles. The van der Waals surface area contributed by atoms with Crippen molar-refractivity contribution in [3.63, 3.8) is 0 Å². The van der Waals surface area contributed by atoms with Gasteiger partial charge in [0.25, 0.3) is 0 Å². The van der Waals surface area contributed by atoms with Crippen LogP contribution in [0.1, 0.15) is 30.6 Å². The van der Waals surface area contributed by atoms with Crippen LogP contribution in [0.4, 0.5) is 0 Å². The maximum Gasteiger partial charge on any atom is 0.0794 e. The number of aromatic nitrogens is 1. The van der Waals surface area contributed by atoms with Crippen molar-refractivity contribution in [1.82, 2.24) is 15.2 Å². The van der Waals surface area contributed by atoms with Crippen molar-refractivity contribution in [2.75, 3.05) is 19.6 Å². The molecular formula is C13H22ClN3S. The number of piperidine rings is 1. The van der Waals surface area contributed by atoms with Crippen molar-refractivity contribution in [3.05, 3.63) is 16.6 Å². The second-order valence-corrected chi connectivity index (χ2v) is 6.26. The maximum atomic E-state index is 4.15. The molecule has 1 aromatic rings. The van der Waals surface area contributed by atoms with E-state index in [1.165, 1.54) is 50.2 Å². The van der Waals surface area contributed by atoms with Crippen LogP contribution in [0, 0.1) is 5.92 Å². The van der Waals surface area contributed by atoms with Crippen LogP contribution < -0.4 is 5.32 Å². The lowest BCUT2D eigenvalue weighted by molar-refractivity contribution is 0.158. The first-order valence-electron chi connectivity index (χ1n) is 6.75. The van der Waals surface area contributed by atoms with Crippen LogP contribution in [-0.4, -0.2) is 35.6 Å². The lowest BCUT2D eigenvalue weighted by Crippen LogP contribution is -2.40. The Labute approximate surface area is 119 Å². The van der Waals surface area contributed by atoms with E-state index in [1.807, 2.05) is 11.7 Å². The molecule has 1 atom stereocenters. The van der Waals surface area contributed by atoms with Crippen molar-refractivity contribution in [1.29, 1.82) is 0 Å². The van der Waals surface area contributed by atoms with E-state index >= 15 is 0 Å². The van der Waals surface area contributed by atoms with E-state index in [0.717, 1.165) is 18.5 Å². The second kappa shape index (κ2) is 6.85. The summed E-state index contributed by atoms with van der Waals surface area (Å²) in [6.45, 7) is 4.88. The summed E-state index contributed by atoms with van der Waals surface area (Å²) in [5.41, 5.74) is 1.94. The monoisotopic (exact) mass is 287 g/mol. The second-order valence-electron chi connectivity index (χ2n) is 5.28. The van der Waals surface area contributed by atoms with E-state index in [9.17, 15) is 0 Å². The molecule has 1 unspecified atom stereocenters. The number of hydrogen-bond acceptors (Lipinski definition) is 4. The minimum atomic E-state index is 0. The molecule has 2 aliphatic heterocycles. The first kappa shape index (κ1) is 14.3. The molecule has 102 valence electrons. The van der Waals surface area contributed by atoms with Gasteiger partial charge in [-0.2, -0.15) is 0 Å². The Balaban J connectivity index is 0.00000120. The zero-order valence-corrected chi connectivity index (χ0v) is 12.3. The molecule has 0 aromatic carbocycles. The molecule has 5 heteroatoms. The molecule has 0 spiro atoms. The third kappa shape index (κ3) is 3.44. The van der Waals surface area contributed by atoms with E-state index in [2.05, 4.69) is 15.2 Å². The molecule has 0 saturated carbocycles. The van der Waals surface area contributed by atoms with Gasteiger partial charge >= 0.3 is 0 Å². The SMILES string of the molecule is Cl.c1ncc(CN2CCC(C3CCCN3)CC2)s1. The molecular weight excluding hydrogens is 266 g/mol. The first-order chi connectivity index (χ1) is 8.42. The van der Waals surface area contributed by atoms with E-state index in [-0.39, 0.29) is 12.4 Å². The van der Waals surface area contributed by atoms with Crippen LogP contribution in [0.15, 0.2) is 11.7 Å². The van der Waals surface area contributed by atoms with Gasteiger partial charge < -0.3 is 5.32 Å². The molecule has 3 nitrogen and oxygen atoms in total. The average Bonchev–Trinajstić information content (AvgIpc) is 3.01. The molecule has 2 fully saturated rings. The molecule has 0 radical (unpaired) electrons. The Hall–Kier alpha value is -0.160. The lowest BCUT2D eigenvalue weighted by atomic mass is 9.88. The molecule has 0 amide bonds. The van der Waals surface area contributed by atoms with Gasteiger partial charge in [-0.25, -0.2) is 0 Å². The highest BCUT2D eigenvalue weighted by Gasteiger charge is 2.28. The Kier molecular flexibility index (Phi) is 5.42. The highest BCUT2D eigenvalue weighted by atomic mass is 35.5. The van der Waals surface area contributed by atoms with Crippen molar-refractivity contribution >= 4 is 23.7 Å². The summed E-state index contributed by atoms with van der Waals surface area (Å²) in [6, 6.07) is 0.820. The zero-order valence-electron chi connectivity index (χ0n) is 10.7. The van der Waals surface area contributed by atoms with Crippen LogP contribution in [0.5, 0.6) is 0 Å². The summed E-state index contributed by atoms with van der Waals surface area (Å²) < 4.78 is 0. The minimum absolute atomic E-state index is 0. The highest BCUT2D eigenvalue weighted by Crippen LogP contribution is 2.26. The van der Waals surface area contributed by atoms with E-state index in [4.69, 9.17) is 0 Å². The minimum Gasteiger partial charge on any atom is -0.314 e. The molecule has 0 aliphatic carbocycles. The number of hydrogen-bond donors (Lipinski definition) is 1. The van der Waals surface area contributed by atoms with E-state index in [0.29, 0.717) is 0 Å². The van der Waals surface area contributed by atoms with Crippen molar-refractivity contribution < 1.29 is 0 Å². The zero-order chi connectivity index (χ0) is 11.5. The average molecular weight is 288 g/mol. The van der Waals surface area contributed by atoms with Crippen LogP contribution >= 0.6 is 23.7 Å². The van der Waals surface area contributed by atoms with E-state index in [1.54, 1.807) is 11.3 Å². The fourth-order valence-electron chi connectivity index (χ4n) is 3.17. The maximum absolute atomic E-state index is 4.15. The van der Waals surface area contributed by atoms with Gasteiger partial charge in [0.1, 0.15) is 0 Å². The Bertz CT molecular complexity index is 330. The summed E-state index contributed by atoms with van der Waals surface area (Å²) >= 11 is 1.78.